The van der Waals surface area contributed by atoms with Crippen molar-refractivity contribution >= 4 is 23.1 Å². The van der Waals surface area contributed by atoms with E-state index in [2.05, 4.69) is 19.2 Å². The van der Waals surface area contributed by atoms with Gasteiger partial charge in [-0.2, -0.15) is 0 Å². The molecule has 0 saturated carbocycles. The number of rotatable bonds is 7. The Balaban J connectivity index is 2.35. The van der Waals surface area contributed by atoms with Crippen molar-refractivity contribution < 1.29 is 9.53 Å². The van der Waals surface area contributed by atoms with E-state index in [1.807, 2.05) is 0 Å². The highest BCUT2D eigenvalue weighted by Gasteiger charge is 2.05. The van der Waals surface area contributed by atoms with Crippen molar-refractivity contribution in [2.24, 2.45) is 11.7 Å². The second-order valence-corrected chi connectivity index (χ2v) is 4.93. The van der Waals surface area contributed by atoms with Gasteiger partial charge in [-0.25, -0.2) is 0 Å². The van der Waals surface area contributed by atoms with E-state index in [0.29, 0.717) is 23.2 Å². The quantitative estimate of drug-likeness (QED) is 0.748. The third-order valence-corrected chi connectivity index (χ3v) is 3.09. The molecule has 0 aliphatic rings. The van der Waals surface area contributed by atoms with Crippen LogP contribution in [0.3, 0.4) is 0 Å². The highest BCUT2D eigenvalue weighted by atomic mass is 32.1. The summed E-state index contributed by atoms with van der Waals surface area (Å²) < 4.78 is 5.37. The summed E-state index contributed by atoms with van der Waals surface area (Å²) in [5.41, 5.74) is 6.27. The van der Waals surface area contributed by atoms with Crippen molar-refractivity contribution in [2.45, 2.75) is 20.3 Å². The Bertz CT molecular complexity index is 432. The fraction of sp³-hybridized carbons (Fsp3) is 0.429. The maximum Gasteiger partial charge on any atom is 0.257 e. The lowest BCUT2D eigenvalue weighted by molar-refractivity contribution is -0.123. The van der Waals surface area contributed by atoms with Gasteiger partial charge in [0.1, 0.15) is 10.7 Å². The van der Waals surface area contributed by atoms with E-state index in [1.165, 1.54) is 0 Å². The Hall–Kier alpha value is -1.62. The molecule has 0 bridgehead atoms. The Morgan fingerprint density at radius 2 is 2.05 bits per heavy atom. The first-order valence-electron chi connectivity index (χ1n) is 6.32. The summed E-state index contributed by atoms with van der Waals surface area (Å²) in [6.45, 7) is 4.88. The summed E-state index contributed by atoms with van der Waals surface area (Å²) in [4.78, 5) is 11.9. The molecular formula is C14H20N2O2S. The smallest absolute Gasteiger partial charge is 0.257 e. The van der Waals surface area contributed by atoms with Gasteiger partial charge in [-0.1, -0.05) is 32.5 Å². The topological polar surface area (TPSA) is 64.3 Å². The molecule has 0 heterocycles. The first-order valence-corrected chi connectivity index (χ1v) is 6.73. The molecule has 0 spiro atoms. The van der Waals surface area contributed by atoms with E-state index in [9.17, 15) is 4.79 Å². The predicted molar refractivity (Wildman–Crippen MR) is 80.3 cm³/mol. The van der Waals surface area contributed by atoms with Crippen LogP contribution >= 0.6 is 12.2 Å². The van der Waals surface area contributed by atoms with Gasteiger partial charge >= 0.3 is 0 Å². The third-order valence-electron chi connectivity index (χ3n) is 2.85. The Morgan fingerprint density at radius 3 is 2.58 bits per heavy atom. The minimum Gasteiger partial charge on any atom is -0.484 e. The van der Waals surface area contributed by atoms with Crippen molar-refractivity contribution in [3.05, 3.63) is 29.8 Å². The molecule has 1 atom stereocenters. The van der Waals surface area contributed by atoms with Crippen LogP contribution < -0.4 is 15.8 Å². The molecule has 0 fully saturated rings. The number of nitrogens with two attached hydrogens (primary N) is 1. The van der Waals surface area contributed by atoms with Gasteiger partial charge < -0.3 is 15.8 Å². The van der Waals surface area contributed by atoms with E-state index in [-0.39, 0.29) is 12.5 Å². The molecule has 0 aliphatic heterocycles. The van der Waals surface area contributed by atoms with Crippen LogP contribution in [0.15, 0.2) is 24.3 Å². The summed E-state index contributed by atoms with van der Waals surface area (Å²) in [5, 5.41) is 2.83. The van der Waals surface area contributed by atoms with Crippen LogP contribution in [0, 0.1) is 5.92 Å². The van der Waals surface area contributed by atoms with E-state index in [0.717, 1.165) is 12.0 Å². The maximum absolute atomic E-state index is 11.5. The predicted octanol–water partition coefficient (Wildman–Crippen LogP) is 1.86. The number of carbonyl (C=O) groups is 1. The molecule has 1 amide bonds. The Kier molecular flexibility index (Phi) is 6.29. The Labute approximate surface area is 119 Å². The van der Waals surface area contributed by atoms with Gasteiger partial charge in [0.05, 0.1) is 0 Å². The SMILES string of the molecule is CCC(C)CNC(=O)COc1ccc(C(N)=S)cc1. The number of hydrogen-bond acceptors (Lipinski definition) is 3. The lowest BCUT2D eigenvalue weighted by Gasteiger charge is -2.11. The lowest BCUT2D eigenvalue weighted by atomic mass is 10.1. The molecule has 19 heavy (non-hydrogen) atoms. The van der Waals surface area contributed by atoms with Crippen LogP contribution in [0.25, 0.3) is 0 Å². The molecule has 104 valence electrons. The van der Waals surface area contributed by atoms with Crippen LogP contribution in [0.4, 0.5) is 0 Å². The first-order chi connectivity index (χ1) is 9.02. The van der Waals surface area contributed by atoms with E-state index < -0.39 is 0 Å². The fourth-order valence-electron chi connectivity index (χ4n) is 1.35. The molecule has 1 rings (SSSR count). The zero-order chi connectivity index (χ0) is 14.3. The van der Waals surface area contributed by atoms with Crippen molar-refractivity contribution in [3.63, 3.8) is 0 Å². The number of thiocarbonyl (C=S) groups is 1. The molecule has 5 heteroatoms. The molecule has 0 saturated heterocycles. The first kappa shape index (κ1) is 15.4. The molecular weight excluding hydrogens is 260 g/mol. The Morgan fingerprint density at radius 1 is 1.42 bits per heavy atom. The second-order valence-electron chi connectivity index (χ2n) is 4.49. The van der Waals surface area contributed by atoms with Crippen molar-refractivity contribution in [3.8, 4) is 5.75 Å². The molecule has 3 N–H and O–H groups in total. The summed E-state index contributed by atoms with van der Waals surface area (Å²) in [7, 11) is 0. The average Bonchev–Trinajstić information content (AvgIpc) is 2.42. The fourth-order valence-corrected chi connectivity index (χ4v) is 1.48. The van der Waals surface area contributed by atoms with Crippen LogP contribution in [0.5, 0.6) is 5.75 Å². The molecule has 1 aromatic carbocycles. The van der Waals surface area contributed by atoms with Gasteiger partial charge in [-0.3, -0.25) is 4.79 Å². The number of ether oxygens (including phenoxy) is 1. The summed E-state index contributed by atoms with van der Waals surface area (Å²) in [5.74, 6) is 0.992. The molecule has 4 nitrogen and oxygen atoms in total. The van der Waals surface area contributed by atoms with Gasteiger partial charge in [0, 0.05) is 12.1 Å². The zero-order valence-electron chi connectivity index (χ0n) is 11.3. The minimum absolute atomic E-state index is 0.0167. The van der Waals surface area contributed by atoms with Gasteiger partial charge in [-0.15, -0.1) is 0 Å². The molecule has 1 unspecified atom stereocenters. The number of nitrogens with one attached hydrogen (secondary N) is 1. The van der Waals surface area contributed by atoms with Gasteiger partial charge in [0.25, 0.3) is 5.91 Å². The van der Waals surface area contributed by atoms with Gasteiger partial charge in [0.2, 0.25) is 0 Å². The van der Waals surface area contributed by atoms with E-state index in [4.69, 9.17) is 22.7 Å². The van der Waals surface area contributed by atoms with Crippen molar-refractivity contribution in [1.82, 2.24) is 5.32 Å². The molecule has 1 aromatic rings. The van der Waals surface area contributed by atoms with Crippen molar-refractivity contribution in [2.75, 3.05) is 13.2 Å². The average molecular weight is 280 g/mol. The van der Waals surface area contributed by atoms with Crippen LogP contribution in [-0.2, 0) is 4.79 Å². The number of carbonyl (C=O) groups excluding carboxylic acids is 1. The normalized spacial score (nSPS) is 11.7. The van der Waals surface area contributed by atoms with E-state index >= 15 is 0 Å². The van der Waals surface area contributed by atoms with Crippen molar-refractivity contribution in [1.29, 1.82) is 0 Å². The zero-order valence-corrected chi connectivity index (χ0v) is 12.1. The second kappa shape index (κ2) is 7.74. The van der Waals surface area contributed by atoms with Crippen LogP contribution in [0.2, 0.25) is 0 Å². The molecule has 0 aliphatic carbocycles. The summed E-state index contributed by atoms with van der Waals surface area (Å²) >= 11 is 4.85. The lowest BCUT2D eigenvalue weighted by Crippen LogP contribution is -2.32. The van der Waals surface area contributed by atoms with Gasteiger partial charge in [-0.05, 0) is 30.2 Å². The van der Waals surface area contributed by atoms with E-state index in [1.54, 1.807) is 24.3 Å². The molecule has 0 radical (unpaired) electrons. The minimum atomic E-state index is -0.112. The number of hydrogen-bond donors (Lipinski definition) is 2. The highest BCUT2D eigenvalue weighted by Crippen LogP contribution is 2.11. The molecule has 0 aromatic heterocycles. The highest BCUT2D eigenvalue weighted by molar-refractivity contribution is 7.80. The standard InChI is InChI=1S/C14H20N2O2S/c1-3-10(2)8-16-13(17)9-18-12-6-4-11(5-7-12)14(15)19/h4-7,10H,3,8-9H2,1-2H3,(H2,15,19)(H,16,17). The summed E-state index contributed by atoms with van der Waals surface area (Å²) in [6.07, 6.45) is 1.04. The third kappa shape index (κ3) is 5.70. The largest absolute Gasteiger partial charge is 0.484 e. The monoisotopic (exact) mass is 280 g/mol. The van der Waals surface area contributed by atoms with Crippen LogP contribution in [0.1, 0.15) is 25.8 Å². The van der Waals surface area contributed by atoms with Crippen LogP contribution in [-0.4, -0.2) is 24.0 Å². The summed E-state index contributed by atoms with van der Waals surface area (Å²) in [6, 6.07) is 7.04. The number of amides is 1. The maximum atomic E-state index is 11.5. The number of benzene rings is 1. The van der Waals surface area contributed by atoms with Gasteiger partial charge in [0.15, 0.2) is 6.61 Å².